The first-order valence-electron chi connectivity index (χ1n) is 5.96. The molecule has 0 unspecified atom stereocenters. The van der Waals surface area contributed by atoms with Crippen molar-refractivity contribution in [3.8, 4) is 0 Å². The third kappa shape index (κ3) is 3.38. The summed E-state index contributed by atoms with van der Waals surface area (Å²) in [5.41, 5.74) is 0.361. The largest absolute Gasteiger partial charge is 0.465 e. The third-order valence-corrected chi connectivity index (χ3v) is 3.05. The molecular weight excluding hydrogens is 297 g/mol. The molecule has 0 atom stereocenters. The minimum atomic E-state index is -0.718. The van der Waals surface area contributed by atoms with Crippen LogP contribution >= 0.6 is 11.6 Å². The molecule has 0 radical (unpaired) electrons. The molecule has 0 aliphatic rings. The Morgan fingerprint density at radius 2 is 1.90 bits per heavy atom. The Bertz CT molecular complexity index is 683. The number of carbonyl (C=O) groups excluding carboxylic acids is 2. The summed E-state index contributed by atoms with van der Waals surface area (Å²) in [4.78, 5) is 23.5. The van der Waals surface area contributed by atoms with Gasteiger partial charge in [-0.2, -0.15) is 0 Å². The summed E-state index contributed by atoms with van der Waals surface area (Å²) in [7, 11) is 1.26. The van der Waals surface area contributed by atoms with Crippen LogP contribution in [0.5, 0.6) is 0 Å². The summed E-state index contributed by atoms with van der Waals surface area (Å²) < 4.78 is 18.2. The summed E-state index contributed by atoms with van der Waals surface area (Å²) in [5, 5.41) is 2.50. The topological polar surface area (TPSA) is 55.4 Å². The number of ether oxygens (including phenoxy) is 1. The van der Waals surface area contributed by atoms with Crippen molar-refractivity contribution in [3.63, 3.8) is 0 Å². The van der Waals surface area contributed by atoms with E-state index in [0.29, 0.717) is 5.69 Å². The first kappa shape index (κ1) is 15.0. The maximum absolute atomic E-state index is 13.6. The average Bonchev–Trinajstić information content (AvgIpc) is 2.46. The minimum Gasteiger partial charge on any atom is -0.465 e. The molecule has 2 rings (SSSR count). The van der Waals surface area contributed by atoms with Crippen molar-refractivity contribution < 1.29 is 18.7 Å². The lowest BCUT2D eigenvalue weighted by molar-refractivity contribution is 0.0600. The molecule has 0 saturated heterocycles. The van der Waals surface area contributed by atoms with Gasteiger partial charge in [0.05, 0.1) is 23.3 Å². The SMILES string of the molecule is COC(=O)c1cccc(NC(=O)c2c(F)cccc2Cl)c1. The minimum absolute atomic E-state index is 0.0108. The predicted octanol–water partition coefficient (Wildman–Crippen LogP) is 3.52. The Labute approximate surface area is 125 Å². The molecule has 0 heterocycles. The summed E-state index contributed by atoms with van der Waals surface area (Å²) in [6.07, 6.45) is 0. The molecule has 1 N–H and O–H groups in total. The molecule has 4 nitrogen and oxygen atoms in total. The highest BCUT2D eigenvalue weighted by molar-refractivity contribution is 6.34. The molecule has 0 aliphatic carbocycles. The fraction of sp³-hybridized carbons (Fsp3) is 0.0667. The van der Waals surface area contributed by atoms with E-state index in [-0.39, 0.29) is 16.1 Å². The first-order valence-corrected chi connectivity index (χ1v) is 6.34. The molecule has 21 heavy (non-hydrogen) atoms. The Balaban J connectivity index is 2.26. The monoisotopic (exact) mass is 307 g/mol. The van der Waals surface area contributed by atoms with E-state index in [1.807, 2.05) is 0 Å². The van der Waals surface area contributed by atoms with Gasteiger partial charge in [-0.15, -0.1) is 0 Å². The molecule has 108 valence electrons. The first-order chi connectivity index (χ1) is 10.0. The fourth-order valence-electron chi connectivity index (χ4n) is 1.75. The van der Waals surface area contributed by atoms with Crippen LogP contribution in [-0.4, -0.2) is 19.0 Å². The summed E-state index contributed by atoms with van der Waals surface area (Å²) in [5.74, 6) is -1.95. The van der Waals surface area contributed by atoms with E-state index in [1.165, 1.54) is 31.4 Å². The molecule has 6 heteroatoms. The maximum Gasteiger partial charge on any atom is 0.337 e. The molecule has 0 saturated carbocycles. The van der Waals surface area contributed by atoms with Gasteiger partial charge in [-0.05, 0) is 30.3 Å². The van der Waals surface area contributed by atoms with Gasteiger partial charge in [-0.1, -0.05) is 23.7 Å². The zero-order chi connectivity index (χ0) is 15.4. The molecule has 0 aromatic heterocycles. The summed E-state index contributed by atoms with van der Waals surface area (Å²) >= 11 is 5.82. The van der Waals surface area contributed by atoms with Gasteiger partial charge in [0.15, 0.2) is 0 Å². The molecule has 2 aromatic rings. The highest BCUT2D eigenvalue weighted by Gasteiger charge is 2.16. The van der Waals surface area contributed by atoms with E-state index in [9.17, 15) is 14.0 Å². The van der Waals surface area contributed by atoms with E-state index in [0.717, 1.165) is 6.07 Å². The molecule has 0 fully saturated rings. The number of carbonyl (C=O) groups is 2. The molecule has 0 spiro atoms. The zero-order valence-electron chi connectivity index (χ0n) is 11.0. The van der Waals surface area contributed by atoms with Crippen molar-refractivity contribution in [2.24, 2.45) is 0 Å². The van der Waals surface area contributed by atoms with Gasteiger partial charge in [0, 0.05) is 5.69 Å². The van der Waals surface area contributed by atoms with Gasteiger partial charge in [0.25, 0.3) is 5.91 Å². The van der Waals surface area contributed by atoms with E-state index >= 15 is 0 Å². The number of benzene rings is 2. The second-order valence-corrected chi connectivity index (χ2v) is 4.53. The highest BCUT2D eigenvalue weighted by Crippen LogP contribution is 2.21. The van der Waals surface area contributed by atoms with Gasteiger partial charge in [0.1, 0.15) is 5.82 Å². The molecule has 0 bridgehead atoms. The molecular formula is C15H11ClFNO3. The van der Waals surface area contributed by atoms with Gasteiger partial charge in [-0.3, -0.25) is 4.79 Å². The number of esters is 1. The van der Waals surface area contributed by atoms with Crippen LogP contribution in [0.4, 0.5) is 10.1 Å². The van der Waals surface area contributed by atoms with Crippen LogP contribution in [-0.2, 0) is 4.74 Å². The maximum atomic E-state index is 13.6. The molecule has 0 aliphatic heterocycles. The van der Waals surface area contributed by atoms with Crippen molar-refractivity contribution >= 4 is 29.2 Å². The van der Waals surface area contributed by atoms with Gasteiger partial charge in [0.2, 0.25) is 0 Å². The van der Waals surface area contributed by atoms with Crippen molar-refractivity contribution in [2.45, 2.75) is 0 Å². The number of amides is 1. The number of hydrogen-bond donors (Lipinski definition) is 1. The third-order valence-electron chi connectivity index (χ3n) is 2.73. The lowest BCUT2D eigenvalue weighted by atomic mass is 10.1. The van der Waals surface area contributed by atoms with Crippen molar-refractivity contribution in [1.82, 2.24) is 0 Å². The van der Waals surface area contributed by atoms with Crippen LogP contribution in [0.25, 0.3) is 0 Å². The summed E-state index contributed by atoms with van der Waals surface area (Å²) in [6, 6.07) is 10.1. The highest BCUT2D eigenvalue weighted by atomic mass is 35.5. The Kier molecular flexibility index (Phi) is 4.55. The van der Waals surface area contributed by atoms with Crippen molar-refractivity contribution in [1.29, 1.82) is 0 Å². The normalized spacial score (nSPS) is 10.0. The quantitative estimate of drug-likeness (QED) is 0.883. The number of methoxy groups -OCH3 is 1. The smallest absolute Gasteiger partial charge is 0.337 e. The number of hydrogen-bond acceptors (Lipinski definition) is 3. The van der Waals surface area contributed by atoms with Crippen LogP contribution in [0.2, 0.25) is 5.02 Å². The van der Waals surface area contributed by atoms with Crippen LogP contribution in [0.15, 0.2) is 42.5 Å². The van der Waals surface area contributed by atoms with Crippen LogP contribution < -0.4 is 5.32 Å². The lowest BCUT2D eigenvalue weighted by Crippen LogP contribution is -2.15. The number of anilines is 1. The second kappa shape index (κ2) is 6.37. The van der Waals surface area contributed by atoms with Crippen LogP contribution in [0.1, 0.15) is 20.7 Å². The average molecular weight is 308 g/mol. The van der Waals surface area contributed by atoms with Gasteiger partial charge in [-0.25, -0.2) is 9.18 Å². The van der Waals surface area contributed by atoms with Crippen LogP contribution in [0.3, 0.4) is 0 Å². The zero-order valence-corrected chi connectivity index (χ0v) is 11.8. The number of nitrogens with one attached hydrogen (secondary N) is 1. The van der Waals surface area contributed by atoms with E-state index in [4.69, 9.17) is 11.6 Å². The Morgan fingerprint density at radius 3 is 2.57 bits per heavy atom. The number of halogens is 2. The number of rotatable bonds is 3. The van der Waals surface area contributed by atoms with Gasteiger partial charge < -0.3 is 10.1 Å². The predicted molar refractivity (Wildman–Crippen MR) is 77.1 cm³/mol. The molecule has 2 aromatic carbocycles. The van der Waals surface area contributed by atoms with Crippen molar-refractivity contribution in [2.75, 3.05) is 12.4 Å². The lowest BCUT2D eigenvalue weighted by Gasteiger charge is -2.08. The van der Waals surface area contributed by atoms with Crippen molar-refractivity contribution in [3.05, 3.63) is 64.4 Å². The Morgan fingerprint density at radius 1 is 1.19 bits per heavy atom. The van der Waals surface area contributed by atoms with Gasteiger partial charge >= 0.3 is 5.97 Å². The van der Waals surface area contributed by atoms with E-state index < -0.39 is 17.7 Å². The second-order valence-electron chi connectivity index (χ2n) is 4.12. The van der Waals surface area contributed by atoms with E-state index in [2.05, 4.69) is 10.1 Å². The fourth-order valence-corrected chi connectivity index (χ4v) is 2.00. The van der Waals surface area contributed by atoms with E-state index in [1.54, 1.807) is 12.1 Å². The standard InChI is InChI=1S/C15H11ClFNO3/c1-21-15(20)9-4-2-5-10(8-9)18-14(19)13-11(16)6-3-7-12(13)17/h2-8H,1H3,(H,18,19). The van der Waals surface area contributed by atoms with Crippen LogP contribution in [0, 0.1) is 5.82 Å². The Hall–Kier alpha value is -2.40. The molecule has 1 amide bonds. The summed E-state index contributed by atoms with van der Waals surface area (Å²) in [6.45, 7) is 0.